The van der Waals surface area contributed by atoms with Gasteiger partial charge in [0, 0.05) is 44.8 Å². The Kier molecular flexibility index (Phi) is 5.13. The average Bonchev–Trinajstić information content (AvgIpc) is 3.00. The van der Waals surface area contributed by atoms with Crippen LogP contribution in [0.4, 0.5) is 5.82 Å². The summed E-state index contributed by atoms with van der Waals surface area (Å²) in [6.07, 6.45) is 9.92. The van der Waals surface area contributed by atoms with Crippen molar-refractivity contribution >= 4 is 17.8 Å². The maximum atomic E-state index is 4.46. The van der Waals surface area contributed by atoms with Crippen molar-refractivity contribution in [2.24, 2.45) is 0 Å². The lowest BCUT2D eigenvalue weighted by atomic mass is 10.2. The van der Waals surface area contributed by atoms with Gasteiger partial charge in [0.1, 0.15) is 12.1 Å². The van der Waals surface area contributed by atoms with Crippen LogP contribution in [0.1, 0.15) is 12.8 Å². The minimum atomic E-state index is 1.03. The van der Waals surface area contributed by atoms with Gasteiger partial charge >= 0.3 is 0 Å². The van der Waals surface area contributed by atoms with Crippen molar-refractivity contribution in [2.45, 2.75) is 12.8 Å². The zero-order chi connectivity index (χ0) is 14.3. The number of rotatable bonds is 4. The molecular formula is C15H21N5S. The summed E-state index contributed by atoms with van der Waals surface area (Å²) in [5, 5.41) is 0. The van der Waals surface area contributed by atoms with Gasteiger partial charge in [0.15, 0.2) is 0 Å². The van der Waals surface area contributed by atoms with Crippen LogP contribution in [0.3, 0.4) is 0 Å². The highest BCUT2D eigenvalue weighted by Gasteiger charge is 2.14. The summed E-state index contributed by atoms with van der Waals surface area (Å²) < 4.78 is 2.07. The number of imidazole rings is 1. The topological polar surface area (TPSA) is 37.2 Å². The molecule has 0 unspecified atom stereocenters. The SMILES string of the molecule is c1ccc(N2CCCN(CSn3ccnc3)CCC2)nc1. The smallest absolute Gasteiger partial charge is 0.128 e. The molecule has 1 saturated heterocycles. The second-order valence-electron chi connectivity index (χ2n) is 5.18. The lowest BCUT2D eigenvalue weighted by Gasteiger charge is -2.30. The summed E-state index contributed by atoms with van der Waals surface area (Å²) in [6, 6.07) is 6.14. The lowest BCUT2D eigenvalue weighted by Crippen LogP contribution is -2.37. The van der Waals surface area contributed by atoms with E-state index in [4.69, 9.17) is 0 Å². The Morgan fingerprint density at radius 2 is 1.90 bits per heavy atom. The Labute approximate surface area is 130 Å². The standard InChI is InChI=1S/C15H21N5S/c1-2-6-17-15(5-1)19-10-3-8-18(9-4-11-19)14-21-20-12-7-16-13-20/h1-2,5-7,12-13H,3-4,8-11,14H2. The molecule has 0 spiro atoms. The molecule has 2 aromatic rings. The number of anilines is 1. The molecule has 6 heteroatoms. The second kappa shape index (κ2) is 7.47. The van der Waals surface area contributed by atoms with Gasteiger partial charge in [0.2, 0.25) is 0 Å². The van der Waals surface area contributed by atoms with Gasteiger partial charge in [0.05, 0.1) is 5.88 Å². The van der Waals surface area contributed by atoms with Crippen molar-refractivity contribution < 1.29 is 0 Å². The van der Waals surface area contributed by atoms with Gasteiger partial charge in [-0.15, -0.1) is 0 Å². The van der Waals surface area contributed by atoms with E-state index in [0.717, 1.165) is 37.9 Å². The summed E-state index contributed by atoms with van der Waals surface area (Å²) in [6.45, 7) is 4.46. The number of pyridine rings is 1. The van der Waals surface area contributed by atoms with Crippen LogP contribution in [0.15, 0.2) is 43.1 Å². The van der Waals surface area contributed by atoms with E-state index in [1.54, 1.807) is 11.9 Å². The molecule has 1 fully saturated rings. The van der Waals surface area contributed by atoms with Gasteiger partial charge in [-0.25, -0.2) is 9.97 Å². The van der Waals surface area contributed by atoms with Gasteiger partial charge in [-0.2, -0.15) is 0 Å². The van der Waals surface area contributed by atoms with Gasteiger partial charge < -0.3 is 4.90 Å². The second-order valence-corrected chi connectivity index (χ2v) is 6.12. The van der Waals surface area contributed by atoms with E-state index >= 15 is 0 Å². The van der Waals surface area contributed by atoms with Crippen LogP contribution in [0.25, 0.3) is 0 Å². The van der Waals surface area contributed by atoms with Crippen LogP contribution >= 0.6 is 11.9 Å². The first kappa shape index (κ1) is 14.4. The fourth-order valence-electron chi connectivity index (χ4n) is 2.56. The Balaban J connectivity index is 1.47. The first-order chi connectivity index (χ1) is 10.4. The minimum absolute atomic E-state index is 1.03. The summed E-state index contributed by atoms with van der Waals surface area (Å²) in [4.78, 5) is 13.5. The molecule has 5 nitrogen and oxygen atoms in total. The van der Waals surface area contributed by atoms with Crippen LogP contribution in [0, 0.1) is 0 Å². The highest BCUT2D eigenvalue weighted by molar-refractivity contribution is 7.97. The van der Waals surface area contributed by atoms with Crippen molar-refractivity contribution in [2.75, 3.05) is 37.0 Å². The van der Waals surface area contributed by atoms with E-state index in [9.17, 15) is 0 Å². The maximum Gasteiger partial charge on any atom is 0.128 e. The van der Waals surface area contributed by atoms with E-state index < -0.39 is 0 Å². The van der Waals surface area contributed by atoms with Crippen LogP contribution in [0.2, 0.25) is 0 Å². The summed E-state index contributed by atoms with van der Waals surface area (Å²) in [5.41, 5.74) is 0. The molecule has 1 aliphatic rings. The van der Waals surface area contributed by atoms with E-state index in [-0.39, 0.29) is 0 Å². The largest absolute Gasteiger partial charge is 0.357 e. The summed E-state index contributed by atoms with van der Waals surface area (Å²) in [7, 11) is 0. The predicted octanol–water partition coefficient (Wildman–Crippen LogP) is 2.33. The quantitative estimate of drug-likeness (QED) is 0.866. The highest BCUT2D eigenvalue weighted by Crippen LogP contribution is 2.15. The third-order valence-corrected chi connectivity index (χ3v) is 4.64. The number of aromatic nitrogens is 3. The average molecular weight is 303 g/mol. The van der Waals surface area contributed by atoms with Crippen LogP contribution in [-0.2, 0) is 0 Å². The normalized spacial score (nSPS) is 17.4. The van der Waals surface area contributed by atoms with Crippen LogP contribution < -0.4 is 4.90 Å². The fourth-order valence-corrected chi connectivity index (χ4v) is 3.38. The molecule has 0 aliphatic carbocycles. The van der Waals surface area contributed by atoms with Gasteiger partial charge in [0.25, 0.3) is 0 Å². The Morgan fingerprint density at radius 1 is 1.05 bits per heavy atom. The number of nitrogens with zero attached hydrogens (tertiary/aromatic N) is 5. The third kappa shape index (κ3) is 4.22. The molecule has 0 aromatic carbocycles. The first-order valence-electron chi connectivity index (χ1n) is 7.41. The van der Waals surface area contributed by atoms with E-state index in [1.807, 2.05) is 31.0 Å². The molecule has 3 heterocycles. The third-order valence-electron chi connectivity index (χ3n) is 3.65. The van der Waals surface area contributed by atoms with E-state index in [0.29, 0.717) is 0 Å². The molecule has 2 aromatic heterocycles. The highest BCUT2D eigenvalue weighted by atomic mass is 32.2. The fraction of sp³-hybridized carbons (Fsp3) is 0.467. The predicted molar refractivity (Wildman–Crippen MR) is 87.3 cm³/mol. The molecule has 0 amide bonds. The number of hydrogen-bond donors (Lipinski definition) is 0. The Morgan fingerprint density at radius 3 is 2.57 bits per heavy atom. The van der Waals surface area contributed by atoms with Gasteiger partial charge in [-0.1, -0.05) is 6.07 Å². The number of hydrogen-bond acceptors (Lipinski definition) is 5. The van der Waals surface area contributed by atoms with Crippen molar-refractivity contribution in [1.29, 1.82) is 0 Å². The lowest BCUT2D eigenvalue weighted by molar-refractivity contribution is 0.301. The molecule has 0 bridgehead atoms. The van der Waals surface area contributed by atoms with Crippen LogP contribution in [-0.4, -0.2) is 50.9 Å². The Bertz CT molecular complexity index is 506. The molecule has 21 heavy (non-hydrogen) atoms. The first-order valence-corrected chi connectivity index (χ1v) is 8.36. The molecule has 0 N–H and O–H groups in total. The van der Waals surface area contributed by atoms with E-state index in [2.05, 4.69) is 35.9 Å². The molecule has 1 aliphatic heterocycles. The maximum absolute atomic E-state index is 4.46. The van der Waals surface area contributed by atoms with Crippen molar-refractivity contribution in [3.05, 3.63) is 43.1 Å². The molecule has 0 atom stereocenters. The summed E-state index contributed by atoms with van der Waals surface area (Å²) >= 11 is 1.80. The van der Waals surface area contributed by atoms with Crippen molar-refractivity contribution in [1.82, 2.24) is 18.8 Å². The molecule has 112 valence electrons. The zero-order valence-corrected chi connectivity index (χ0v) is 13.0. The molecule has 0 saturated carbocycles. The van der Waals surface area contributed by atoms with E-state index in [1.165, 1.54) is 12.8 Å². The molecule has 0 radical (unpaired) electrons. The molecular weight excluding hydrogens is 282 g/mol. The monoisotopic (exact) mass is 303 g/mol. The molecule has 3 rings (SSSR count). The summed E-state index contributed by atoms with van der Waals surface area (Å²) in [5.74, 6) is 2.14. The minimum Gasteiger partial charge on any atom is -0.357 e. The van der Waals surface area contributed by atoms with Crippen molar-refractivity contribution in [3.8, 4) is 0 Å². The van der Waals surface area contributed by atoms with Gasteiger partial charge in [-0.05, 0) is 36.9 Å². The van der Waals surface area contributed by atoms with Crippen LogP contribution in [0.5, 0.6) is 0 Å². The Hall–Kier alpha value is -1.53. The van der Waals surface area contributed by atoms with Crippen molar-refractivity contribution in [3.63, 3.8) is 0 Å². The zero-order valence-electron chi connectivity index (χ0n) is 12.1. The van der Waals surface area contributed by atoms with Gasteiger partial charge in [-0.3, -0.25) is 8.87 Å².